The number of allylic oxidation sites excluding steroid dienone is 5. The minimum atomic E-state index is 0.850. The minimum absolute atomic E-state index is 0.850. The molecule has 0 unspecified atom stereocenters. The molecule has 22 heavy (non-hydrogen) atoms. The summed E-state index contributed by atoms with van der Waals surface area (Å²) in [6, 6.07) is 14.1. The maximum Gasteiger partial charge on any atom is 0.0393 e. The monoisotopic (exact) mass is 295 g/mol. The largest absolute Gasteiger partial charge is 0.398 e. The quantitative estimate of drug-likeness (QED) is 0.388. The van der Waals surface area contributed by atoms with E-state index in [2.05, 4.69) is 50.8 Å². The molecule has 0 aliphatic rings. The molecule has 0 bridgehead atoms. The zero-order valence-corrected chi connectivity index (χ0v) is 14.3. The van der Waals surface area contributed by atoms with Gasteiger partial charge in [-0.2, -0.15) is 0 Å². The molecule has 0 amide bonds. The first kappa shape index (κ1) is 19.7. The van der Waals surface area contributed by atoms with E-state index in [4.69, 9.17) is 5.73 Å². The number of hydrogen-bond acceptors (Lipinski definition) is 1. The number of anilines is 1. The number of hydrogen-bond donors (Lipinski definition) is 1. The van der Waals surface area contributed by atoms with E-state index in [1.54, 1.807) is 0 Å². The lowest BCUT2D eigenvalue weighted by Crippen LogP contribution is -1.84. The van der Waals surface area contributed by atoms with E-state index >= 15 is 0 Å². The van der Waals surface area contributed by atoms with Crippen molar-refractivity contribution in [2.75, 3.05) is 5.73 Å². The van der Waals surface area contributed by atoms with Gasteiger partial charge in [0, 0.05) is 11.1 Å². The van der Waals surface area contributed by atoms with E-state index < -0.39 is 0 Å². The lowest BCUT2D eigenvalue weighted by molar-refractivity contribution is 1.37. The molecular weight excluding hydrogens is 266 g/mol. The first-order valence-corrected chi connectivity index (χ1v) is 7.79. The van der Waals surface area contributed by atoms with Crippen LogP contribution in [0.25, 0.3) is 10.8 Å². The van der Waals surface area contributed by atoms with Crippen molar-refractivity contribution in [3.63, 3.8) is 0 Å². The summed E-state index contributed by atoms with van der Waals surface area (Å²) in [5.41, 5.74) is 7.94. The van der Waals surface area contributed by atoms with Crippen molar-refractivity contribution in [3.8, 4) is 0 Å². The number of nitrogen functional groups attached to an aromatic ring is 1. The Kier molecular flexibility index (Phi) is 11.2. The molecule has 0 atom stereocenters. The molecule has 0 aromatic heterocycles. The highest BCUT2D eigenvalue weighted by Crippen LogP contribution is 2.19. The smallest absolute Gasteiger partial charge is 0.0393 e. The molecule has 2 aromatic rings. The Morgan fingerprint density at radius 1 is 1.05 bits per heavy atom. The molecule has 0 saturated carbocycles. The van der Waals surface area contributed by atoms with Crippen LogP contribution in [0.15, 0.2) is 78.9 Å². The highest BCUT2D eigenvalue weighted by Gasteiger charge is 1.92. The second-order valence-electron chi connectivity index (χ2n) is 4.76. The van der Waals surface area contributed by atoms with Gasteiger partial charge in [-0.15, -0.1) is 6.58 Å². The van der Waals surface area contributed by atoms with E-state index in [1.807, 2.05) is 50.3 Å². The fourth-order valence-corrected chi connectivity index (χ4v) is 1.69. The molecular formula is C21H29N. The molecule has 1 heteroatoms. The van der Waals surface area contributed by atoms with Crippen molar-refractivity contribution in [1.29, 1.82) is 0 Å². The van der Waals surface area contributed by atoms with E-state index in [0.717, 1.165) is 17.5 Å². The SMILES string of the molecule is C=CC/C=C\C=C(C)C.CC.Nc1cccc2ccccc12. The number of nitrogens with two attached hydrogens (primary N) is 1. The summed E-state index contributed by atoms with van der Waals surface area (Å²) in [5.74, 6) is 0. The summed E-state index contributed by atoms with van der Waals surface area (Å²) >= 11 is 0. The van der Waals surface area contributed by atoms with Gasteiger partial charge in [0.1, 0.15) is 0 Å². The van der Waals surface area contributed by atoms with Crippen LogP contribution in [0.3, 0.4) is 0 Å². The van der Waals surface area contributed by atoms with Gasteiger partial charge >= 0.3 is 0 Å². The molecule has 0 saturated heterocycles. The van der Waals surface area contributed by atoms with Crippen LogP contribution in [-0.2, 0) is 0 Å². The van der Waals surface area contributed by atoms with Crippen LogP contribution in [0.5, 0.6) is 0 Å². The van der Waals surface area contributed by atoms with E-state index in [-0.39, 0.29) is 0 Å². The van der Waals surface area contributed by atoms with Crippen molar-refractivity contribution in [2.45, 2.75) is 34.1 Å². The third-order valence-corrected chi connectivity index (χ3v) is 2.69. The summed E-state index contributed by atoms with van der Waals surface area (Å²) in [5, 5.41) is 2.34. The molecule has 2 N–H and O–H groups in total. The molecule has 118 valence electrons. The summed E-state index contributed by atoms with van der Waals surface area (Å²) in [4.78, 5) is 0. The van der Waals surface area contributed by atoms with Gasteiger partial charge in [-0.3, -0.25) is 0 Å². The Balaban J connectivity index is 0.000000369. The van der Waals surface area contributed by atoms with Gasteiger partial charge in [-0.25, -0.2) is 0 Å². The minimum Gasteiger partial charge on any atom is -0.398 e. The van der Waals surface area contributed by atoms with Gasteiger partial charge < -0.3 is 5.73 Å². The van der Waals surface area contributed by atoms with Crippen molar-refractivity contribution < 1.29 is 0 Å². The predicted octanol–water partition coefficient (Wildman–Crippen LogP) is 6.53. The lowest BCUT2D eigenvalue weighted by Gasteiger charge is -1.98. The highest BCUT2D eigenvalue weighted by atomic mass is 14.5. The standard InChI is InChI=1S/C10H9N.C9H14.C2H6/c11-10-7-3-5-8-4-1-2-6-9(8)10;1-4-5-6-7-8-9(2)3;1-2/h1-7H,11H2;4,6-8H,1,5H2,2-3H3;1-2H3/b;7-6-;. The van der Waals surface area contributed by atoms with Crippen LogP contribution < -0.4 is 5.73 Å². The van der Waals surface area contributed by atoms with Gasteiger partial charge in [0.15, 0.2) is 0 Å². The first-order valence-electron chi connectivity index (χ1n) is 7.79. The third kappa shape index (κ3) is 8.11. The van der Waals surface area contributed by atoms with Crippen LogP contribution in [-0.4, -0.2) is 0 Å². The van der Waals surface area contributed by atoms with Crippen LogP contribution in [0, 0.1) is 0 Å². The Morgan fingerprint density at radius 3 is 2.27 bits per heavy atom. The number of fused-ring (bicyclic) bond motifs is 1. The van der Waals surface area contributed by atoms with Gasteiger partial charge in [0.25, 0.3) is 0 Å². The Bertz CT molecular complexity index is 597. The molecule has 0 radical (unpaired) electrons. The van der Waals surface area contributed by atoms with E-state index in [1.165, 1.54) is 11.0 Å². The summed E-state index contributed by atoms with van der Waals surface area (Å²) in [6.45, 7) is 11.8. The molecule has 0 aliphatic heterocycles. The maximum atomic E-state index is 5.76. The van der Waals surface area contributed by atoms with Gasteiger partial charge in [0.2, 0.25) is 0 Å². The highest BCUT2D eigenvalue weighted by molar-refractivity contribution is 5.92. The van der Waals surface area contributed by atoms with Gasteiger partial charge in [-0.05, 0) is 31.7 Å². The summed E-state index contributed by atoms with van der Waals surface area (Å²) in [7, 11) is 0. The Morgan fingerprint density at radius 2 is 1.68 bits per heavy atom. The number of rotatable bonds is 3. The van der Waals surface area contributed by atoms with Gasteiger partial charge in [0.05, 0.1) is 0 Å². The van der Waals surface area contributed by atoms with Crippen molar-refractivity contribution in [1.82, 2.24) is 0 Å². The Labute approximate surface area is 135 Å². The van der Waals surface area contributed by atoms with Crippen LogP contribution in [0.1, 0.15) is 34.1 Å². The van der Waals surface area contributed by atoms with E-state index in [0.29, 0.717) is 0 Å². The second-order valence-corrected chi connectivity index (χ2v) is 4.76. The number of benzene rings is 2. The van der Waals surface area contributed by atoms with Crippen LogP contribution >= 0.6 is 0 Å². The average molecular weight is 295 g/mol. The first-order chi connectivity index (χ1) is 10.6. The molecule has 0 fully saturated rings. The summed E-state index contributed by atoms with van der Waals surface area (Å²) < 4.78 is 0. The molecule has 2 aromatic carbocycles. The van der Waals surface area contributed by atoms with Crippen molar-refractivity contribution >= 4 is 16.5 Å². The molecule has 2 rings (SSSR count). The zero-order valence-electron chi connectivity index (χ0n) is 14.3. The maximum absolute atomic E-state index is 5.76. The lowest BCUT2D eigenvalue weighted by atomic mass is 10.1. The third-order valence-electron chi connectivity index (χ3n) is 2.69. The van der Waals surface area contributed by atoms with Crippen molar-refractivity contribution in [2.24, 2.45) is 0 Å². The molecule has 0 aliphatic carbocycles. The summed E-state index contributed by atoms with van der Waals surface area (Å²) in [6.07, 6.45) is 9.07. The normalized spacial score (nSPS) is 9.27. The average Bonchev–Trinajstić information content (AvgIpc) is 2.55. The zero-order chi connectivity index (χ0) is 16.8. The fraction of sp³-hybridized carbons (Fsp3) is 0.238. The van der Waals surface area contributed by atoms with Gasteiger partial charge in [-0.1, -0.05) is 80.1 Å². The molecule has 1 nitrogen and oxygen atoms in total. The Hall–Kier alpha value is -2.28. The second kappa shape index (κ2) is 12.5. The fourth-order valence-electron chi connectivity index (χ4n) is 1.69. The topological polar surface area (TPSA) is 26.0 Å². The molecule has 0 heterocycles. The predicted molar refractivity (Wildman–Crippen MR) is 103 cm³/mol. The van der Waals surface area contributed by atoms with Crippen molar-refractivity contribution in [3.05, 3.63) is 78.9 Å². The van der Waals surface area contributed by atoms with E-state index in [9.17, 15) is 0 Å². The van der Waals surface area contributed by atoms with Crippen LogP contribution in [0.2, 0.25) is 0 Å². The molecule has 0 spiro atoms. The van der Waals surface area contributed by atoms with Crippen LogP contribution in [0.4, 0.5) is 5.69 Å².